The van der Waals surface area contributed by atoms with E-state index in [4.69, 9.17) is 29.1 Å². The van der Waals surface area contributed by atoms with Crippen LogP contribution in [0.4, 0.5) is 15.8 Å². The molecule has 8 heteroatoms. The number of carbonyl (C=O) groups excluding carboxylic acids is 1. The Labute approximate surface area is 166 Å². The normalized spacial score (nSPS) is 18.0. The highest BCUT2D eigenvalue weighted by atomic mass is 35.5. The molecule has 0 unspecified atom stereocenters. The maximum absolute atomic E-state index is 14.2. The number of pyridine rings is 1. The number of rotatable bonds is 2. The zero-order valence-corrected chi connectivity index (χ0v) is 15.9. The van der Waals surface area contributed by atoms with E-state index in [0.717, 1.165) is 6.42 Å². The minimum atomic E-state index is -0.806. The number of benzene rings is 1. The molecule has 0 bridgehead atoms. The molecule has 2 fully saturated rings. The molecule has 1 aromatic heterocycles. The third-order valence-corrected chi connectivity index (χ3v) is 5.85. The summed E-state index contributed by atoms with van der Waals surface area (Å²) in [5.41, 5.74) is 0.743. The van der Waals surface area contributed by atoms with Crippen molar-refractivity contribution >= 4 is 46.2 Å². The number of amides is 1. The SMILES string of the molecule is Cc1ccc(N2C(=S)N(c3cnc(C#N)c(Cl)c3)C(=O)C23CCC3)cc1F. The summed E-state index contributed by atoms with van der Waals surface area (Å²) >= 11 is 11.7. The smallest absolute Gasteiger partial charge is 0.259 e. The van der Waals surface area contributed by atoms with Gasteiger partial charge in [-0.2, -0.15) is 5.26 Å². The van der Waals surface area contributed by atoms with E-state index >= 15 is 0 Å². The molecule has 4 rings (SSSR count). The van der Waals surface area contributed by atoms with Crippen LogP contribution in [0.5, 0.6) is 0 Å². The molecular formula is C19H14ClFN4OS. The molecule has 1 aromatic carbocycles. The predicted octanol–water partition coefficient (Wildman–Crippen LogP) is 4.12. The van der Waals surface area contributed by atoms with Gasteiger partial charge in [-0.1, -0.05) is 17.7 Å². The van der Waals surface area contributed by atoms with Gasteiger partial charge in [-0.05, 0) is 62.2 Å². The first-order valence-corrected chi connectivity index (χ1v) is 9.18. The molecule has 136 valence electrons. The number of aromatic nitrogens is 1. The molecule has 1 aliphatic heterocycles. The van der Waals surface area contributed by atoms with Crippen molar-refractivity contribution in [1.29, 1.82) is 5.26 Å². The van der Waals surface area contributed by atoms with Crippen LogP contribution in [0.25, 0.3) is 0 Å². The summed E-state index contributed by atoms with van der Waals surface area (Å²) in [5, 5.41) is 9.40. The average molecular weight is 401 g/mol. The van der Waals surface area contributed by atoms with Gasteiger partial charge in [0.2, 0.25) is 0 Å². The molecule has 1 spiro atoms. The first kappa shape index (κ1) is 17.8. The molecule has 2 aromatic rings. The standard InChI is InChI=1S/C19H14ClFN4OS/c1-11-3-4-12(8-15(11)21)25-18(27)24(17(26)19(25)5-2-6-19)13-7-14(20)16(9-22)23-10-13/h3-4,7-8,10H,2,5-6H2,1H3. The van der Waals surface area contributed by atoms with Gasteiger partial charge >= 0.3 is 0 Å². The Morgan fingerprint density at radius 2 is 2.07 bits per heavy atom. The molecule has 1 saturated heterocycles. The Kier molecular flexibility index (Phi) is 4.13. The van der Waals surface area contributed by atoms with E-state index in [1.54, 1.807) is 24.0 Å². The zero-order valence-electron chi connectivity index (χ0n) is 14.4. The Hall–Kier alpha value is -2.56. The number of halogens is 2. The number of nitriles is 1. The Bertz CT molecular complexity index is 1030. The van der Waals surface area contributed by atoms with Crippen LogP contribution in [0.2, 0.25) is 5.02 Å². The highest BCUT2D eigenvalue weighted by Gasteiger charge is 2.59. The molecule has 1 saturated carbocycles. The summed E-state index contributed by atoms with van der Waals surface area (Å²) in [6, 6.07) is 8.24. The fourth-order valence-electron chi connectivity index (χ4n) is 3.56. The van der Waals surface area contributed by atoms with Crippen molar-refractivity contribution in [1.82, 2.24) is 4.98 Å². The first-order valence-electron chi connectivity index (χ1n) is 8.39. The molecule has 2 aliphatic rings. The van der Waals surface area contributed by atoms with Gasteiger partial charge in [0, 0.05) is 5.69 Å². The molecule has 27 heavy (non-hydrogen) atoms. The van der Waals surface area contributed by atoms with E-state index in [1.807, 2.05) is 6.07 Å². The van der Waals surface area contributed by atoms with Crippen molar-refractivity contribution < 1.29 is 9.18 Å². The second kappa shape index (κ2) is 6.25. The fourth-order valence-corrected chi connectivity index (χ4v) is 4.23. The predicted molar refractivity (Wildman–Crippen MR) is 104 cm³/mol. The van der Waals surface area contributed by atoms with Crippen LogP contribution in [-0.2, 0) is 4.79 Å². The molecule has 5 nitrogen and oxygen atoms in total. The lowest BCUT2D eigenvalue weighted by molar-refractivity contribution is -0.123. The van der Waals surface area contributed by atoms with Crippen molar-refractivity contribution in [3.63, 3.8) is 0 Å². The van der Waals surface area contributed by atoms with Gasteiger partial charge in [0.25, 0.3) is 5.91 Å². The lowest BCUT2D eigenvalue weighted by Gasteiger charge is -2.43. The number of anilines is 2. The molecule has 0 N–H and O–H groups in total. The average Bonchev–Trinajstić information content (AvgIpc) is 2.84. The van der Waals surface area contributed by atoms with E-state index in [1.165, 1.54) is 23.2 Å². The first-order chi connectivity index (χ1) is 12.9. The zero-order chi connectivity index (χ0) is 19.3. The number of aryl methyl sites for hydroxylation is 1. The second-order valence-corrected chi connectivity index (χ2v) is 7.49. The van der Waals surface area contributed by atoms with Crippen molar-refractivity contribution in [2.24, 2.45) is 0 Å². The minimum Gasteiger partial charge on any atom is -0.303 e. The Balaban J connectivity index is 1.81. The summed E-state index contributed by atoms with van der Waals surface area (Å²) in [7, 11) is 0. The van der Waals surface area contributed by atoms with Gasteiger partial charge in [-0.25, -0.2) is 9.37 Å². The van der Waals surface area contributed by atoms with Gasteiger partial charge in [-0.3, -0.25) is 9.69 Å². The van der Waals surface area contributed by atoms with Gasteiger partial charge in [0.1, 0.15) is 17.4 Å². The van der Waals surface area contributed by atoms with Crippen LogP contribution in [-0.4, -0.2) is 21.5 Å². The van der Waals surface area contributed by atoms with E-state index in [9.17, 15) is 9.18 Å². The van der Waals surface area contributed by atoms with Crippen LogP contribution in [0.1, 0.15) is 30.5 Å². The lowest BCUT2D eigenvalue weighted by Crippen LogP contribution is -2.55. The summed E-state index contributed by atoms with van der Waals surface area (Å²) in [4.78, 5) is 20.4. The van der Waals surface area contributed by atoms with Crippen LogP contribution < -0.4 is 9.80 Å². The van der Waals surface area contributed by atoms with E-state index in [2.05, 4.69) is 4.98 Å². The molecule has 1 aliphatic carbocycles. The van der Waals surface area contributed by atoms with E-state index in [-0.39, 0.29) is 27.6 Å². The molecular weight excluding hydrogens is 387 g/mol. The van der Waals surface area contributed by atoms with Crippen LogP contribution in [0, 0.1) is 24.1 Å². The van der Waals surface area contributed by atoms with Crippen LogP contribution in [0.15, 0.2) is 30.5 Å². The lowest BCUT2D eigenvalue weighted by atomic mass is 9.75. The Morgan fingerprint density at radius 3 is 2.63 bits per heavy atom. The van der Waals surface area contributed by atoms with Gasteiger partial charge in [0.15, 0.2) is 10.8 Å². The largest absolute Gasteiger partial charge is 0.303 e. The third-order valence-electron chi connectivity index (χ3n) is 5.20. The topological polar surface area (TPSA) is 60.2 Å². The summed E-state index contributed by atoms with van der Waals surface area (Å²) < 4.78 is 14.2. The number of hydrogen-bond donors (Lipinski definition) is 0. The van der Waals surface area contributed by atoms with E-state index in [0.29, 0.717) is 29.8 Å². The molecule has 0 radical (unpaired) electrons. The minimum absolute atomic E-state index is 0.0776. The van der Waals surface area contributed by atoms with Crippen molar-refractivity contribution in [3.8, 4) is 6.07 Å². The monoisotopic (exact) mass is 400 g/mol. The van der Waals surface area contributed by atoms with Gasteiger partial charge < -0.3 is 4.90 Å². The number of nitrogens with zero attached hydrogens (tertiary/aromatic N) is 4. The van der Waals surface area contributed by atoms with E-state index < -0.39 is 5.54 Å². The maximum atomic E-state index is 14.2. The quantitative estimate of drug-likeness (QED) is 0.710. The van der Waals surface area contributed by atoms with Crippen LogP contribution >= 0.6 is 23.8 Å². The number of thiocarbonyl (C=S) groups is 1. The summed E-state index contributed by atoms with van der Waals surface area (Å²) in [6.07, 6.45) is 3.56. The molecule has 0 atom stereocenters. The summed E-state index contributed by atoms with van der Waals surface area (Å²) in [5.74, 6) is -0.527. The van der Waals surface area contributed by atoms with Crippen LogP contribution in [0.3, 0.4) is 0 Å². The fraction of sp³-hybridized carbons (Fsp3) is 0.263. The van der Waals surface area contributed by atoms with Gasteiger partial charge in [0.05, 0.1) is 16.9 Å². The van der Waals surface area contributed by atoms with Crippen molar-refractivity contribution in [2.75, 3.05) is 9.80 Å². The highest BCUT2D eigenvalue weighted by Crippen LogP contribution is 2.48. The maximum Gasteiger partial charge on any atom is 0.259 e. The third kappa shape index (κ3) is 2.52. The molecule has 2 heterocycles. The number of hydrogen-bond acceptors (Lipinski definition) is 4. The van der Waals surface area contributed by atoms with Gasteiger partial charge in [-0.15, -0.1) is 0 Å². The van der Waals surface area contributed by atoms with Crippen molar-refractivity contribution in [2.45, 2.75) is 31.7 Å². The molecule has 1 amide bonds. The number of carbonyl (C=O) groups is 1. The van der Waals surface area contributed by atoms with Crippen molar-refractivity contribution in [3.05, 3.63) is 52.6 Å². The highest BCUT2D eigenvalue weighted by molar-refractivity contribution is 7.81. The summed E-state index contributed by atoms with van der Waals surface area (Å²) in [6.45, 7) is 1.68. The second-order valence-electron chi connectivity index (χ2n) is 6.71. The Morgan fingerprint density at radius 1 is 1.33 bits per heavy atom.